The first-order valence-electron chi connectivity index (χ1n) is 8.03. The van der Waals surface area contributed by atoms with Crippen LogP contribution in [0.15, 0.2) is 36.4 Å². The van der Waals surface area contributed by atoms with Crippen LogP contribution in [0.5, 0.6) is 5.75 Å². The molecule has 0 saturated heterocycles. The van der Waals surface area contributed by atoms with Crippen LogP contribution in [0.1, 0.15) is 47.9 Å². The van der Waals surface area contributed by atoms with Crippen molar-refractivity contribution in [2.45, 2.75) is 38.5 Å². The third-order valence-corrected chi connectivity index (χ3v) is 4.65. The van der Waals surface area contributed by atoms with Crippen molar-refractivity contribution in [2.24, 2.45) is 0 Å². The number of ether oxygens (including phenoxy) is 1. The monoisotopic (exact) mass is 312 g/mol. The van der Waals surface area contributed by atoms with Crippen LogP contribution in [0.4, 0.5) is 4.39 Å². The number of benzene rings is 2. The SMILES string of the molecule is COc1ccc2c(c1)CCc1cc(F)ccc1C2CCC(C)=O. The highest BCUT2D eigenvalue weighted by Crippen LogP contribution is 2.38. The van der Waals surface area contributed by atoms with Crippen molar-refractivity contribution in [1.82, 2.24) is 0 Å². The number of carbonyl (C=O) groups is 1. The second-order valence-corrected chi connectivity index (χ2v) is 6.20. The summed E-state index contributed by atoms with van der Waals surface area (Å²) in [5, 5.41) is 0. The number of methoxy groups -OCH3 is 1. The van der Waals surface area contributed by atoms with Gasteiger partial charge in [0.15, 0.2) is 0 Å². The average Bonchev–Trinajstić information content (AvgIpc) is 2.68. The van der Waals surface area contributed by atoms with Gasteiger partial charge < -0.3 is 9.53 Å². The summed E-state index contributed by atoms with van der Waals surface area (Å²) in [4.78, 5) is 11.5. The van der Waals surface area contributed by atoms with Gasteiger partial charge >= 0.3 is 0 Å². The largest absolute Gasteiger partial charge is 0.497 e. The first kappa shape index (κ1) is 15.7. The summed E-state index contributed by atoms with van der Waals surface area (Å²) >= 11 is 0. The highest BCUT2D eigenvalue weighted by atomic mass is 19.1. The van der Waals surface area contributed by atoms with E-state index in [-0.39, 0.29) is 17.5 Å². The van der Waals surface area contributed by atoms with Gasteiger partial charge in [0.2, 0.25) is 0 Å². The molecule has 0 aromatic heterocycles. The summed E-state index contributed by atoms with van der Waals surface area (Å²) in [5.41, 5.74) is 4.66. The molecule has 0 heterocycles. The highest BCUT2D eigenvalue weighted by Gasteiger charge is 2.24. The predicted molar refractivity (Wildman–Crippen MR) is 88.6 cm³/mol. The molecule has 2 nitrogen and oxygen atoms in total. The van der Waals surface area contributed by atoms with Gasteiger partial charge in [-0.1, -0.05) is 12.1 Å². The number of Topliss-reactive ketones (excluding diaryl/α,β-unsaturated/α-hetero) is 1. The third-order valence-electron chi connectivity index (χ3n) is 4.65. The topological polar surface area (TPSA) is 26.3 Å². The van der Waals surface area contributed by atoms with Crippen molar-refractivity contribution in [3.05, 3.63) is 64.5 Å². The normalized spacial score (nSPS) is 16.2. The Kier molecular flexibility index (Phi) is 4.46. The molecule has 1 aliphatic carbocycles. The first-order valence-corrected chi connectivity index (χ1v) is 8.03. The van der Waals surface area contributed by atoms with Crippen molar-refractivity contribution in [1.29, 1.82) is 0 Å². The van der Waals surface area contributed by atoms with E-state index in [1.165, 1.54) is 17.2 Å². The number of hydrogen-bond donors (Lipinski definition) is 0. The van der Waals surface area contributed by atoms with Crippen LogP contribution in [0.25, 0.3) is 0 Å². The molecule has 0 aliphatic heterocycles. The van der Waals surface area contributed by atoms with Gasteiger partial charge in [0, 0.05) is 12.3 Å². The van der Waals surface area contributed by atoms with Gasteiger partial charge in [-0.2, -0.15) is 0 Å². The maximum Gasteiger partial charge on any atom is 0.129 e. The minimum atomic E-state index is -0.197. The fraction of sp³-hybridized carbons (Fsp3) is 0.350. The number of carbonyl (C=O) groups excluding carboxylic acids is 1. The Hall–Kier alpha value is -2.16. The molecule has 1 unspecified atom stereocenters. The van der Waals surface area contributed by atoms with E-state index in [0.29, 0.717) is 6.42 Å². The second kappa shape index (κ2) is 6.53. The number of fused-ring (bicyclic) bond motifs is 2. The summed E-state index contributed by atoms with van der Waals surface area (Å²) in [7, 11) is 1.66. The molecule has 120 valence electrons. The lowest BCUT2D eigenvalue weighted by Crippen LogP contribution is -2.06. The molecule has 0 fully saturated rings. The van der Waals surface area contributed by atoms with E-state index in [0.717, 1.165) is 36.1 Å². The van der Waals surface area contributed by atoms with Crippen LogP contribution in [-0.2, 0) is 17.6 Å². The molecule has 2 aromatic carbocycles. The summed E-state index contributed by atoms with van der Waals surface area (Å²) in [6.07, 6.45) is 2.96. The Balaban J connectivity index is 2.08. The number of aryl methyl sites for hydroxylation is 2. The van der Waals surface area contributed by atoms with E-state index in [1.807, 2.05) is 12.1 Å². The Morgan fingerprint density at radius 1 is 1.13 bits per heavy atom. The van der Waals surface area contributed by atoms with Gasteiger partial charge in [-0.15, -0.1) is 0 Å². The van der Waals surface area contributed by atoms with E-state index >= 15 is 0 Å². The molecule has 0 spiro atoms. The Morgan fingerprint density at radius 3 is 2.43 bits per heavy atom. The van der Waals surface area contributed by atoms with Crippen molar-refractivity contribution in [3.8, 4) is 5.75 Å². The lowest BCUT2D eigenvalue weighted by atomic mass is 9.84. The van der Waals surface area contributed by atoms with E-state index < -0.39 is 0 Å². The van der Waals surface area contributed by atoms with Crippen LogP contribution < -0.4 is 4.74 Å². The third kappa shape index (κ3) is 3.29. The number of rotatable bonds is 4. The zero-order chi connectivity index (χ0) is 16.4. The van der Waals surface area contributed by atoms with E-state index in [9.17, 15) is 9.18 Å². The highest BCUT2D eigenvalue weighted by molar-refractivity contribution is 5.75. The number of halogens is 1. The van der Waals surface area contributed by atoms with Crippen molar-refractivity contribution in [2.75, 3.05) is 7.11 Å². The molecule has 3 heteroatoms. The summed E-state index contributed by atoms with van der Waals surface area (Å²) in [6, 6.07) is 11.2. The molecule has 0 N–H and O–H groups in total. The molecule has 23 heavy (non-hydrogen) atoms. The maximum absolute atomic E-state index is 13.6. The standard InChI is InChI=1S/C20H21FO2/c1-13(22)3-8-20-18-9-6-16(21)11-14(18)4-5-15-12-17(23-2)7-10-19(15)20/h6-7,9-12,20H,3-5,8H2,1-2H3. The van der Waals surface area contributed by atoms with Gasteiger partial charge in [0.25, 0.3) is 0 Å². The molecule has 0 bridgehead atoms. The lowest BCUT2D eigenvalue weighted by Gasteiger charge is -2.20. The fourth-order valence-electron chi connectivity index (χ4n) is 3.49. The van der Waals surface area contributed by atoms with Crippen LogP contribution in [0.2, 0.25) is 0 Å². The summed E-state index contributed by atoms with van der Waals surface area (Å²) in [6.45, 7) is 1.62. The molecule has 1 aliphatic rings. The summed E-state index contributed by atoms with van der Waals surface area (Å²) in [5.74, 6) is 0.967. The quantitative estimate of drug-likeness (QED) is 0.834. The predicted octanol–water partition coefficient (Wildman–Crippen LogP) is 4.43. The first-order chi connectivity index (χ1) is 11.1. The zero-order valence-electron chi connectivity index (χ0n) is 13.6. The van der Waals surface area contributed by atoms with E-state index in [1.54, 1.807) is 20.1 Å². The minimum absolute atomic E-state index is 0.137. The van der Waals surface area contributed by atoms with Gasteiger partial charge in [-0.05, 0) is 72.7 Å². The van der Waals surface area contributed by atoms with Gasteiger partial charge in [0.1, 0.15) is 17.3 Å². The smallest absolute Gasteiger partial charge is 0.129 e. The van der Waals surface area contributed by atoms with Crippen molar-refractivity contribution < 1.29 is 13.9 Å². The Labute approximate surface area is 136 Å². The molecular formula is C20H21FO2. The maximum atomic E-state index is 13.6. The Bertz CT molecular complexity index is 736. The molecule has 2 aromatic rings. The van der Waals surface area contributed by atoms with Gasteiger partial charge in [0.05, 0.1) is 7.11 Å². The Morgan fingerprint density at radius 2 is 1.78 bits per heavy atom. The van der Waals surface area contributed by atoms with Crippen LogP contribution >= 0.6 is 0 Å². The molecule has 3 rings (SSSR count). The minimum Gasteiger partial charge on any atom is -0.497 e. The molecule has 0 radical (unpaired) electrons. The lowest BCUT2D eigenvalue weighted by molar-refractivity contribution is -0.117. The van der Waals surface area contributed by atoms with E-state index in [4.69, 9.17) is 4.74 Å². The fourth-order valence-corrected chi connectivity index (χ4v) is 3.49. The van der Waals surface area contributed by atoms with Crippen LogP contribution in [-0.4, -0.2) is 12.9 Å². The van der Waals surface area contributed by atoms with Gasteiger partial charge in [-0.3, -0.25) is 0 Å². The molecule has 0 amide bonds. The molecular weight excluding hydrogens is 291 g/mol. The van der Waals surface area contributed by atoms with Crippen LogP contribution in [0.3, 0.4) is 0 Å². The van der Waals surface area contributed by atoms with Gasteiger partial charge in [-0.25, -0.2) is 4.39 Å². The molecule has 0 saturated carbocycles. The number of ketones is 1. The second-order valence-electron chi connectivity index (χ2n) is 6.20. The van der Waals surface area contributed by atoms with E-state index in [2.05, 4.69) is 12.1 Å². The van der Waals surface area contributed by atoms with Crippen molar-refractivity contribution >= 4 is 5.78 Å². The van der Waals surface area contributed by atoms with Crippen LogP contribution in [0, 0.1) is 5.82 Å². The number of hydrogen-bond acceptors (Lipinski definition) is 2. The van der Waals surface area contributed by atoms with Crippen molar-refractivity contribution in [3.63, 3.8) is 0 Å². The molecule has 1 atom stereocenters. The zero-order valence-corrected chi connectivity index (χ0v) is 13.6. The summed E-state index contributed by atoms with van der Waals surface area (Å²) < 4.78 is 19.0. The average molecular weight is 312 g/mol.